The highest BCUT2D eigenvalue weighted by molar-refractivity contribution is 6.06. The Morgan fingerprint density at radius 3 is 2.79 bits per heavy atom. The number of carbonyl (C=O) groups is 2. The van der Waals surface area contributed by atoms with Gasteiger partial charge in [0.05, 0.1) is 22.8 Å². The van der Waals surface area contributed by atoms with Gasteiger partial charge in [-0.05, 0) is 12.1 Å². The fourth-order valence-corrected chi connectivity index (χ4v) is 4.03. The molecule has 1 unspecified atom stereocenters. The smallest absolute Gasteiger partial charge is 0.410 e. The molecule has 2 aromatic heterocycles. The maximum absolute atomic E-state index is 13.3. The van der Waals surface area contributed by atoms with Crippen molar-refractivity contribution in [3.05, 3.63) is 54.2 Å². The first-order chi connectivity index (χ1) is 13.6. The number of aromatic nitrogens is 2. The van der Waals surface area contributed by atoms with E-state index in [9.17, 15) is 9.59 Å². The van der Waals surface area contributed by atoms with Crippen molar-refractivity contribution in [2.45, 2.75) is 6.04 Å². The lowest BCUT2D eigenvalue weighted by molar-refractivity contribution is 0.0618. The Hall–Kier alpha value is -3.35. The predicted molar refractivity (Wildman–Crippen MR) is 104 cm³/mol. The molecule has 0 saturated carbocycles. The molecule has 5 rings (SSSR count). The maximum Gasteiger partial charge on any atom is 0.410 e. The number of fused-ring (bicyclic) bond motifs is 2. The van der Waals surface area contributed by atoms with E-state index in [-0.39, 0.29) is 18.0 Å². The van der Waals surface area contributed by atoms with Crippen LogP contribution in [0.5, 0.6) is 0 Å². The second kappa shape index (κ2) is 6.37. The van der Waals surface area contributed by atoms with E-state index >= 15 is 0 Å². The highest BCUT2D eigenvalue weighted by Gasteiger charge is 2.39. The van der Waals surface area contributed by atoms with Gasteiger partial charge in [0, 0.05) is 38.4 Å². The van der Waals surface area contributed by atoms with Gasteiger partial charge in [0.25, 0.3) is 5.91 Å². The van der Waals surface area contributed by atoms with Crippen molar-refractivity contribution >= 4 is 23.0 Å². The lowest BCUT2D eigenvalue weighted by Crippen LogP contribution is -2.53. The third-order valence-corrected chi connectivity index (χ3v) is 5.54. The molecule has 2 aliphatic rings. The zero-order valence-electron chi connectivity index (χ0n) is 15.5. The highest BCUT2D eigenvalue weighted by atomic mass is 16.6. The Morgan fingerprint density at radius 1 is 1.14 bits per heavy atom. The van der Waals surface area contributed by atoms with Crippen molar-refractivity contribution in [2.75, 3.05) is 26.2 Å². The lowest BCUT2D eigenvalue weighted by Gasteiger charge is -2.35. The van der Waals surface area contributed by atoms with Gasteiger partial charge in [-0.25, -0.2) is 9.78 Å². The summed E-state index contributed by atoms with van der Waals surface area (Å²) in [6, 6.07) is 13.9. The van der Waals surface area contributed by atoms with Crippen LogP contribution < -0.4 is 0 Å². The van der Waals surface area contributed by atoms with Crippen LogP contribution in [0.4, 0.5) is 4.79 Å². The largest absolute Gasteiger partial charge is 0.447 e. The first kappa shape index (κ1) is 16.8. The minimum absolute atomic E-state index is 0.0534. The Balaban J connectivity index is 1.50. The zero-order chi connectivity index (χ0) is 19.3. The second-order valence-corrected chi connectivity index (χ2v) is 7.26. The van der Waals surface area contributed by atoms with Crippen LogP contribution in [-0.4, -0.2) is 63.6 Å². The molecule has 7 heteroatoms. The van der Waals surface area contributed by atoms with Gasteiger partial charge in [-0.1, -0.05) is 30.3 Å². The molecule has 2 saturated heterocycles. The summed E-state index contributed by atoms with van der Waals surface area (Å²) < 4.78 is 7.04. The van der Waals surface area contributed by atoms with E-state index in [0.717, 1.165) is 16.8 Å². The number of cyclic esters (lactones) is 1. The van der Waals surface area contributed by atoms with Gasteiger partial charge < -0.3 is 14.2 Å². The van der Waals surface area contributed by atoms with E-state index in [0.29, 0.717) is 37.3 Å². The van der Waals surface area contributed by atoms with Crippen LogP contribution in [0.3, 0.4) is 0 Å². The number of piperazine rings is 1. The standard InChI is InChI=1S/C21H20N4O3/c1-23-12-16(20(26)24-9-10-25-15(11-24)13-28-21(25)27)19-18(23)8-7-17(22-19)14-5-3-2-4-6-14/h2-8,12,15H,9-11,13H2,1H3. The van der Waals surface area contributed by atoms with Crippen LogP contribution in [0.1, 0.15) is 10.4 Å². The number of aryl methyl sites for hydroxylation is 1. The van der Waals surface area contributed by atoms with Crippen LogP contribution in [0.2, 0.25) is 0 Å². The van der Waals surface area contributed by atoms with Gasteiger partial charge in [0.15, 0.2) is 0 Å². The van der Waals surface area contributed by atoms with Gasteiger partial charge in [-0.15, -0.1) is 0 Å². The number of carbonyl (C=O) groups excluding carboxylic acids is 2. The van der Waals surface area contributed by atoms with E-state index in [4.69, 9.17) is 9.72 Å². The molecule has 4 heterocycles. The SMILES string of the molecule is Cn1cc(C(=O)N2CCN3C(=O)OCC3C2)c2nc(-c3ccccc3)ccc21. The number of hydrogen-bond donors (Lipinski definition) is 0. The summed E-state index contributed by atoms with van der Waals surface area (Å²) in [6.45, 7) is 1.83. The number of rotatable bonds is 2. The van der Waals surface area contributed by atoms with Gasteiger partial charge in [0.1, 0.15) is 12.1 Å². The van der Waals surface area contributed by atoms with Crippen LogP contribution >= 0.6 is 0 Å². The first-order valence-electron chi connectivity index (χ1n) is 9.36. The Labute approximate surface area is 162 Å². The molecule has 0 aliphatic carbocycles. The minimum Gasteiger partial charge on any atom is -0.447 e. The van der Waals surface area contributed by atoms with E-state index < -0.39 is 0 Å². The fraction of sp³-hybridized carbons (Fsp3) is 0.286. The molecule has 0 N–H and O–H groups in total. The molecule has 2 aliphatic heterocycles. The average Bonchev–Trinajstić information content (AvgIpc) is 3.27. The number of ether oxygens (including phenoxy) is 1. The molecule has 1 aromatic carbocycles. The van der Waals surface area contributed by atoms with E-state index in [1.54, 1.807) is 9.80 Å². The van der Waals surface area contributed by atoms with Crippen molar-refractivity contribution in [2.24, 2.45) is 7.05 Å². The topological polar surface area (TPSA) is 67.7 Å². The molecule has 0 bridgehead atoms. The molecule has 142 valence electrons. The maximum atomic E-state index is 13.3. The molecule has 2 amide bonds. The summed E-state index contributed by atoms with van der Waals surface area (Å²) in [5.74, 6) is -0.0534. The van der Waals surface area contributed by atoms with Crippen molar-refractivity contribution in [3.63, 3.8) is 0 Å². The molecule has 0 spiro atoms. The Morgan fingerprint density at radius 2 is 1.96 bits per heavy atom. The van der Waals surface area contributed by atoms with Crippen LogP contribution in [0.25, 0.3) is 22.3 Å². The second-order valence-electron chi connectivity index (χ2n) is 7.26. The van der Waals surface area contributed by atoms with E-state index in [1.165, 1.54) is 0 Å². The van der Waals surface area contributed by atoms with Crippen molar-refractivity contribution < 1.29 is 14.3 Å². The summed E-state index contributed by atoms with van der Waals surface area (Å²) in [4.78, 5) is 33.3. The Bertz CT molecular complexity index is 1080. The van der Waals surface area contributed by atoms with Gasteiger partial charge in [-0.2, -0.15) is 0 Å². The summed E-state index contributed by atoms with van der Waals surface area (Å²) in [5, 5.41) is 0. The van der Waals surface area contributed by atoms with Gasteiger partial charge in [-0.3, -0.25) is 9.69 Å². The average molecular weight is 376 g/mol. The van der Waals surface area contributed by atoms with E-state index in [1.807, 2.05) is 60.3 Å². The Kier molecular flexibility index (Phi) is 3.82. The summed E-state index contributed by atoms with van der Waals surface area (Å²) >= 11 is 0. The van der Waals surface area contributed by atoms with Crippen LogP contribution in [0, 0.1) is 0 Å². The molecular weight excluding hydrogens is 356 g/mol. The third kappa shape index (κ3) is 2.62. The zero-order valence-corrected chi connectivity index (χ0v) is 15.5. The number of hydrogen-bond acceptors (Lipinski definition) is 4. The highest BCUT2D eigenvalue weighted by Crippen LogP contribution is 2.26. The normalized spacial score (nSPS) is 19.0. The molecule has 0 radical (unpaired) electrons. The van der Waals surface area contributed by atoms with Crippen molar-refractivity contribution in [3.8, 4) is 11.3 Å². The fourth-order valence-electron chi connectivity index (χ4n) is 4.03. The van der Waals surface area contributed by atoms with Crippen molar-refractivity contribution in [1.82, 2.24) is 19.4 Å². The molecule has 1 atom stereocenters. The number of benzene rings is 1. The molecular formula is C21H20N4O3. The van der Waals surface area contributed by atoms with E-state index in [2.05, 4.69) is 0 Å². The number of pyridine rings is 1. The summed E-state index contributed by atoms with van der Waals surface area (Å²) in [5.41, 5.74) is 4.07. The third-order valence-electron chi connectivity index (χ3n) is 5.54. The molecule has 28 heavy (non-hydrogen) atoms. The van der Waals surface area contributed by atoms with Gasteiger partial charge >= 0.3 is 6.09 Å². The summed E-state index contributed by atoms with van der Waals surface area (Å²) in [7, 11) is 1.92. The van der Waals surface area contributed by atoms with Crippen LogP contribution in [0.15, 0.2) is 48.7 Å². The number of amides is 2. The summed E-state index contributed by atoms with van der Waals surface area (Å²) in [6.07, 6.45) is 1.56. The monoisotopic (exact) mass is 376 g/mol. The first-order valence-corrected chi connectivity index (χ1v) is 9.36. The predicted octanol–water partition coefficient (Wildman–Crippen LogP) is 2.52. The molecule has 3 aromatic rings. The molecule has 7 nitrogen and oxygen atoms in total. The lowest BCUT2D eigenvalue weighted by atomic mass is 10.1. The quantitative estimate of drug-likeness (QED) is 0.689. The minimum atomic E-state index is -0.281. The van der Waals surface area contributed by atoms with Gasteiger partial charge in [0.2, 0.25) is 0 Å². The van der Waals surface area contributed by atoms with Crippen LogP contribution in [-0.2, 0) is 11.8 Å². The number of nitrogens with zero attached hydrogens (tertiary/aromatic N) is 4. The molecule has 2 fully saturated rings. The van der Waals surface area contributed by atoms with Crippen molar-refractivity contribution in [1.29, 1.82) is 0 Å².